The van der Waals surface area contributed by atoms with Gasteiger partial charge >= 0.3 is 0 Å². The number of para-hydroxylation sites is 1. The number of hydrogen-bond acceptors (Lipinski definition) is 13. The summed E-state index contributed by atoms with van der Waals surface area (Å²) < 4.78 is 7.74. The molecule has 0 bridgehead atoms. The summed E-state index contributed by atoms with van der Waals surface area (Å²) in [5.41, 5.74) is 10.1. The topological polar surface area (TPSA) is 191 Å². The summed E-state index contributed by atoms with van der Waals surface area (Å²) >= 11 is 1.34. The molecule has 3 heterocycles. The third-order valence-corrected chi connectivity index (χ3v) is 5.45. The maximum Gasteiger partial charge on any atom is 0.243 e. The number of aromatic nitrogens is 8. The predicted octanol–water partition coefficient (Wildman–Crippen LogP) is 0.364. The first-order valence-electron chi connectivity index (χ1n) is 9.21. The summed E-state index contributed by atoms with van der Waals surface area (Å²) in [6.07, 6.45) is 0.256. The number of aliphatic hydroxyl groups excluding tert-OH is 1. The van der Waals surface area contributed by atoms with Gasteiger partial charge in [-0.1, -0.05) is 29.1 Å². The summed E-state index contributed by atoms with van der Waals surface area (Å²) in [6, 6.07) is 6.74. The smallest absolute Gasteiger partial charge is 0.243 e. The van der Waals surface area contributed by atoms with Crippen molar-refractivity contribution in [3.05, 3.63) is 47.5 Å². The molecule has 4 rings (SSSR count). The molecule has 0 saturated carbocycles. The molecule has 32 heavy (non-hydrogen) atoms. The molecule has 1 unspecified atom stereocenters. The Bertz CT molecular complexity index is 1250. The number of aryl methyl sites for hydroxylation is 1. The van der Waals surface area contributed by atoms with Crippen LogP contribution >= 0.6 is 11.8 Å². The first kappa shape index (κ1) is 21.3. The highest BCUT2D eigenvalue weighted by atomic mass is 32.2. The Balaban J connectivity index is 1.61. The third-order valence-electron chi connectivity index (χ3n) is 4.40. The van der Waals surface area contributed by atoms with Crippen molar-refractivity contribution in [2.24, 2.45) is 12.1 Å². The van der Waals surface area contributed by atoms with Crippen molar-refractivity contribution >= 4 is 23.3 Å². The molecule has 0 fully saturated rings. The molecule has 14 nitrogen and oxygen atoms in total. The van der Waals surface area contributed by atoms with Crippen LogP contribution in [0.2, 0.25) is 0 Å². The standard InChI is InChI=1S/C17H19N11O3S/c1-9(10-5-3-4-6-12(10)29)20-22-16(30)13-11(7-32-17-23-19-8-27(17)2)28(26-21-13)15-14(18)24-31-25-15/h3-6,8,16,22,29-30H,7H2,1-2H3,(H2,18,24)/b20-9+. The second-order valence-corrected chi connectivity index (χ2v) is 7.51. The molecule has 166 valence electrons. The van der Waals surface area contributed by atoms with E-state index in [2.05, 4.69) is 46.0 Å². The quantitative estimate of drug-likeness (QED) is 0.123. The van der Waals surface area contributed by atoms with Crippen LogP contribution in [0.1, 0.15) is 30.1 Å². The molecule has 0 aliphatic rings. The predicted molar refractivity (Wildman–Crippen MR) is 113 cm³/mol. The van der Waals surface area contributed by atoms with Gasteiger partial charge in [0.25, 0.3) is 0 Å². The van der Waals surface area contributed by atoms with Crippen LogP contribution in [0.25, 0.3) is 5.82 Å². The molecular formula is C17H19N11O3S. The molecule has 15 heteroatoms. The molecule has 1 aromatic carbocycles. The van der Waals surface area contributed by atoms with Gasteiger partial charge in [0.05, 0.1) is 11.4 Å². The van der Waals surface area contributed by atoms with Crippen LogP contribution in [-0.4, -0.2) is 56.0 Å². The molecule has 0 aliphatic heterocycles. The summed E-state index contributed by atoms with van der Waals surface area (Å²) in [4.78, 5) is 0. The SMILES string of the molecule is C/C(=N\NC(O)c1nnn(-c2nonc2N)c1CSc1nncn1C)c1ccccc1O. The number of benzene rings is 1. The van der Waals surface area contributed by atoms with Crippen LogP contribution in [0.15, 0.2) is 45.5 Å². The van der Waals surface area contributed by atoms with Crippen LogP contribution in [0, 0.1) is 0 Å². The highest BCUT2D eigenvalue weighted by Crippen LogP contribution is 2.26. The van der Waals surface area contributed by atoms with Gasteiger partial charge in [0.1, 0.15) is 17.8 Å². The fourth-order valence-electron chi connectivity index (χ4n) is 2.76. The fourth-order valence-corrected chi connectivity index (χ4v) is 3.66. The minimum Gasteiger partial charge on any atom is -0.507 e. The van der Waals surface area contributed by atoms with E-state index in [0.717, 1.165) is 0 Å². The Morgan fingerprint density at radius 2 is 2.12 bits per heavy atom. The number of nitrogens with two attached hydrogens (primary N) is 1. The fraction of sp³-hybridized carbons (Fsp3) is 0.235. The largest absolute Gasteiger partial charge is 0.507 e. The number of hydrazone groups is 1. The van der Waals surface area contributed by atoms with E-state index in [0.29, 0.717) is 27.9 Å². The number of aliphatic hydroxyl groups is 1. The normalized spacial score (nSPS) is 12.8. The first-order valence-corrected chi connectivity index (χ1v) is 10.2. The number of nitrogens with zero attached hydrogens (tertiary/aromatic N) is 9. The van der Waals surface area contributed by atoms with E-state index in [-0.39, 0.29) is 23.1 Å². The van der Waals surface area contributed by atoms with Crippen molar-refractivity contribution in [3.8, 4) is 11.6 Å². The van der Waals surface area contributed by atoms with Gasteiger partial charge in [-0.3, -0.25) is 5.43 Å². The van der Waals surface area contributed by atoms with E-state index in [9.17, 15) is 10.2 Å². The number of aromatic hydroxyl groups is 1. The molecule has 0 aliphatic carbocycles. The molecule has 4 aromatic rings. The summed E-state index contributed by atoms with van der Waals surface area (Å²) in [6.45, 7) is 1.69. The Hall–Kier alpha value is -3.98. The lowest BCUT2D eigenvalue weighted by atomic mass is 10.1. The molecule has 0 radical (unpaired) electrons. The number of nitrogens with one attached hydrogen (secondary N) is 1. The van der Waals surface area contributed by atoms with Crippen LogP contribution in [0.5, 0.6) is 5.75 Å². The van der Waals surface area contributed by atoms with Crippen LogP contribution in [-0.2, 0) is 12.8 Å². The van der Waals surface area contributed by atoms with Gasteiger partial charge in [-0.15, -0.1) is 15.3 Å². The van der Waals surface area contributed by atoms with E-state index in [4.69, 9.17) is 5.73 Å². The highest BCUT2D eigenvalue weighted by molar-refractivity contribution is 7.98. The van der Waals surface area contributed by atoms with Gasteiger partial charge in [0.2, 0.25) is 11.6 Å². The minimum absolute atomic E-state index is 0.0159. The van der Waals surface area contributed by atoms with E-state index >= 15 is 0 Å². The summed E-state index contributed by atoms with van der Waals surface area (Å²) in [7, 11) is 1.81. The van der Waals surface area contributed by atoms with Gasteiger partial charge in [-0.2, -0.15) is 9.78 Å². The second kappa shape index (κ2) is 9.03. The number of thioether (sulfide) groups is 1. The van der Waals surface area contributed by atoms with Crippen molar-refractivity contribution in [1.29, 1.82) is 0 Å². The number of anilines is 1. The maximum absolute atomic E-state index is 10.7. The van der Waals surface area contributed by atoms with Gasteiger partial charge < -0.3 is 20.5 Å². The Labute approximate surface area is 185 Å². The van der Waals surface area contributed by atoms with Crippen LogP contribution in [0.3, 0.4) is 0 Å². The number of nitrogen functional groups attached to an aromatic ring is 1. The van der Waals surface area contributed by atoms with Crippen molar-refractivity contribution < 1.29 is 14.8 Å². The lowest BCUT2D eigenvalue weighted by Crippen LogP contribution is -2.19. The average Bonchev–Trinajstić information content (AvgIpc) is 3.50. The number of phenols is 1. The monoisotopic (exact) mass is 457 g/mol. The van der Waals surface area contributed by atoms with Crippen molar-refractivity contribution in [2.75, 3.05) is 5.73 Å². The van der Waals surface area contributed by atoms with E-state index in [1.54, 1.807) is 42.1 Å². The van der Waals surface area contributed by atoms with Gasteiger partial charge in [0.15, 0.2) is 11.4 Å². The Kier molecular flexibility index (Phi) is 6.00. The van der Waals surface area contributed by atoms with E-state index in [1.807, 2.05) is 7.05 Å². The zero-order chi connectivity index (χ0) is 22.7. The molecule has 0 saturated heterocycles. The van der Waals surface area contributed by atoms with Crippen molar-refractivity contribution in [2.45, 2.75) is 24.1 Å². The van der Waals surface area contributed by atoms with E-state index < -0.39 is 6.23 Å². The average molecular weight is 457 g/mol. The highest BCUT2D eigenvalue weighted by Gasteiger charge is 2.24. The third kappa shape index (κ3) is 4.23. The van der Waals surface area contributed by atoms with Crippen LogP contribution < -0.4 is 11.2 Å². The lowest BCUT2D eigenvalue weighted by molar-refractivity contribution is 0.135. The summed E-state index contributed by atoms with van der Waals surface area (Å²) in [5, 5.41) is 48.8. The molecule has 0 spiro atoms. The van der Waals surface area contributed by atoms with E-state index in [1.165, 1.54) is 16.4 Å². The zero-order valence-electron chi connectivity index (χ0n) is 17.0. The first-order chi connectivity index (χ1) is 15.5. The minimum atomic E-state index is -1.32. The number of hydrogen-bond donors (Lipinski definition) is 4. The molecule has 1 atom stereocenters. The van der Waals surface area contributed by atoms with Gasteiger partial charge in [-0.25, -0.2) is 4.63 Å². The molecule has 3 aromatic heterocycles. The lowest BCUT2D eigenvalue weighted by Gasteiger charge is -2.12. The zero-order valence-corrected chi connectivity index (χ0v) is 17.8. The number of phenolic OH excluding ortho intramolecular Hbond substituents is 1. The Morgan fingerprint density at radius 3 is 2.81 bits per heavy atom. The maximum atomic E-state index is 10.7. The Morgan fingerprint density at radius 1 is 1.31 bits per heavy atom. The van der Waals surface area contributed by atoms with Crippen LogP contribution in [0.4, 0.5) is 5.82 Å². The number of rotatable bonds is 8. The summed E-state index contributed by atoms with van der Waals surface area (Å²) in [5.74, 6) is 0.522. The van der Waals surface area contributed by atoms with Crippen molar-refractivity contribution in [3.63, 3.8) is 0 Å². The molecule has 0 amide bonds. The van der Waals surface area contributed by atoms with Crippen molar-refractivity contribution in [1.82, 2.24) is 45.5 Å². The molecule has 5 N–H and O–H groups in total. The second-order valence-electron chi connectivity index (χ2n) is 6.57. The van der Waals surface area contributed by atoms with Gasteiger partial charge in [0, 0.05) is 18.4 Å². The van der Waals surface area contributed by atoms with Gasteiger partial charge in [-0.05, 0) is 29.4 Å². The molecular weight excluding hydrogens is 438 g/mol.